The Morgan fingerprint density at radius 1 is 1.50 bits per heavy atom. The summed E-state index contributed by atoms with van der Waals surface area (Å²) >= 11 is 1.26. The number of nitrogens with one attached hydrogen (secondary N) is 1. The first-order chi connectivity index (χ1) is 9.56. The van der Waals surface area contributed by atoms with E-state index in [0.29, 0.717) is 17.5 Å². The van der Waals surface area contributed by atoms with Crippen LogP contribution < -0.4 is 5.32 Å². The quantitative estimate of drug-likeness (QED) is 0.846. The van der Waals surface area contributed by atoms with Gasteiger partial charge in [-0.05, 0) is 12.3 Å². The number of carboxylic acid groups (broad SMARTS) is 1. The SMILES string of the molecule is CC(CC1CCCC1)C(=O)NCc1nc(C(=O)O)cs1. The molecule has 1 amide bonds. The van der Waals surface area contributed by atoms with Crippen LogP contribution in [-0.2, 0) is 11.3 Å². The number of rotatable bonds is 6. The summed E-state index contributed by atoms with van der Waals surface area (Å²) in [5, 5.41) is 13.7. The highest BCUT2D eigenvalue weighted by Crippen LogP contribution is 2.30. The lowest BCUT2D eigenvalue weighted by Crippen LogP contribution is -2.29. The second-order valence-corrected chi connectivity index (χ2v) is 6.38. The minimum absolute atomic E-state index is 0.0111. The molecule has 0 bridgehead atoms. The van der Waals surface area contributed by atoms with Crippen molar-refractivity contribution in [1.82, 2.24) is 10.3 Å². The first-order valence-corrected chi connectivity index (χ1v) is 7.89. The topological polar surface area (TPSA) is 79.3 Å². The molecule has 0 radical (unpaired) electrons. The maximum Gasteiger partial charge on any atom is 0.355 e. The van der Waals surface area contributed by atoms with E-state index in [-0.39, 0.29) is 17.5 Å². The number of nitrogens with zero attached hydrogens (tertiary/aromatic N) is 1. The monoisotopic (exact) mass is 296 g/mol. The van der Waals surface area contributed by atoms with E-state index in [2.05, 4.69) is 10.3 Å². The van der Waals surface area contributed by atoms with Crippen molar-refractivity contribution >= 4 is 23.2 Å². The third-order valence-corrected chi connectivity index (χ3v) is 4.64. The Hall–Kier alpha value is -1.43. The van der Waals surface area contributed by atoms with Crippen LogP contribution in [0.15, 0.2) is 5.38 Å². The number of aromatic carboxylic acids is 1. The van der Waals surface area contributed by atoms with Gasteiger partial charge in [-0.25, -0.2) is 9.78 Å². The maximum absolute atomic E-state index is 12.0. The Balaban J connectivity index is 1.76. The van der Waals surface area contributed by atoms with E-state index in [0.717, 1.165) is 6.42 Å². The molecule has 1 unspecified atom stereocenters. The number of hydrogen-bond donors (Lipinski definition) is 2. The van der Waals surface area contributed by atoms with Crippen molar-refractivity contribution in [2.45, 2.75) is 45.6 Å². The number of carbonyl (C=O) groups excluding carboxylic acids is 1. The predicted molar refractivity (Wildman–Crippen MR) is 76.7 cm³/mol. The van der Waals surface area contributed by atoms with Crippen molar-refractivity contribution in [3.05, 3.63) is 16.1 Å². The van der Waals surface area contributed by atoms with Crippen LogP contribution in [0.2, 0.25) is 0 Å². The molecule has 2 N–H and O–H groups in total. The van der Waals surface area contributed by atoms with E-state index in [9.17, 15) is 9.59 Å². The molecule has 2 rings (SSSR count). The van der Waals surface area contributed by atoms with Gasteiger partial charge in [-0.2, -0.15) is 0 Å². The third kappa shape index (κ3) is 4.03. The average Bonchev–Trinajstić information content (AvgIpc) is 3.06. The van der Waals surface area contributed by atoms with Gasteiger partial charge in [0, 0.05) is 11.3 Å². The molecule has 5 nitrogen and oxygen atoms in total. The summed E-state index contributed by atoms with van der Waals surface area (Å²) in [5.74, 6) is -0.302. The molecule has 1 aromatic rings. The second-order valence-electron chi connectivity index (χ2n) is 5.44. The molecular weight excluding hydrogens is 276 g/mol. The zero-order chi connectivity index (χ0) is 14.5. The van der Waals surface area contributed by atoms with E-state index in [1.807, 2.05) is 6.92 Å². The first kappa shape index (κ1) is 15.0. The summed E-state index contributed by atoms with van der Waals surface area (Å²) in [6.45, 7) is 2.27. The number of amides is 1. The zero-order valence-electron chi connectivity index (χ0n) is 11.6. The van der Waals surface area contributed by atoms with Crippen molar-refractivity contribution in [3.63, 3.8) is 0 Å². The molecular formula is C14H20N2O3S. The molecule has 6 heteroatoms. The van der Waals surface area contributed by atoms with E-state index in [1.165, 1.54) is 42.4 Å². The molecule has 1 saturated carbocycles. The van der Waals surface area contributed by atoms with Crippen LogP contribution in [-0.4, -0.2) is 22.0 Å². The summed E-state index contributed by atoms with van der Waals surface area (Å²) < 4.78 is 0. The Morgan fingerprint density at radius 3 is 2.80 bits per heavy atom. The van der Waals surface area contributed by atoms with Gasteiger partial charge in [-0.1, -0.05) is 32.6 Å². The fourth-order valence-corrected chi connectivity index (χ4v) is 3.39. The van der Waals surface area contributed by atoms with E-state index in [4.69, 9.17) is 5.11 Å². The van der Waals surface area contributed by atoms with Crippen LogP contribution in [0.5, 0.6) is 0 Å². The standard InChI is InChI=1S/C14H20N2O3S/c1-9(6-10-4-2-3-5-10)13(17)15-7-12-16-11(8-20-12)14(18)19/h8-10H,2-7H2,1H3,(H,15,17)(H,18,19). The lowest BCUT2D eigenvalue weighted by Gasteiger charge is -2.15. The number of hydrogen-bond acceptors (Lipinski definition) is 4. The number of thiazole rings is 1. The molecule has 1 heterocycles. The van der Waals surface area contributed by atoms with Crippen molar-refractivity contribution in [2.24, 2.45) is 11.8 Å². The largest absolute Gasteiger partial charge is 0.476 e. The fraction of sp³-hybridized carbons (Fsp3) is 0.643. The number of aromatic nitrogens is 1. The first-order valence-electron chi connectivity index (χ1n) is 7.01. The van der Waals surface area contributed by atoms with Crippen molar-refractivity contribution in [2.75, 3.05) is 0 Å². The highest BCUT2D eigenvalue weighted by atomic mass is 32.1. The molecule has 1 aromatic heterocycles. The zero-order valence-corrected chi connectivity index (χ0v) is 12.4. The number of carbonyl (C=O) groups is 2. The molecule has 0 saturated heterocycles. The van der Waals surface area contributed by atoms with Gasteiger partial charge in [-0.15, -0.1) is 11.3 Å². The summed E-state index contributed by atoms with van der Waals surface area (Å²) in [5.41, 5.74) is 0.0400. The van der Waals surface area contributed by atoms with Gasteiger partial charge in [0.25, 0.3) is 0 Å². The molecule has 1 aliphatic carbocycles. The lowest BCUT2D eigenvalue weighted by atomic mass is 9.94. The van der Waals surface area contributed by atoms with Crippen LogP contribution >= 0.6 is 11.3 Å². The molecule has 0 aromatic carbocycles. The normalized spacial score (nSPS) is 17.1. The Labute approximate surface area is 122 Å². The summed E-state index contributed by atoms with van der Waals surface area (Å²) in [6.07, 6.45) is 6.01. The van der Waals surface area contributed by atoms with Crippen LogP contribution in [0, 0.1) is 11.8 Å². The van der Waals surface area contributed by atoms with Crippen molar-refractivity contribution < 1.29 is 14.7 Å². The van der Waals surface area contributed by atoms with Gasteiger partial charge in [0.2, 0.25) is 5.91 Å². The van der Waals surface area contributed by atoms with E-state index in [1.54, 1.807) is 0 Å². The Kier molecular flexibility index (Phi) is 5.11. The van der Waals surface area contributed by atoms with Crippen molar-refractivity contribution in [3.8, 4) is 0 Å². The fourth-order valence-electron chi connectivity index (χ4n) is 2.68. The molecule has 1 atom stereocenters. The lowest BCUT2D eigenvalue weighted by molar-refractivity contribution is -0.125. The van der Waals surface area contributed by atoms with Gasteiger partial charge in [0.1, 0.15) is 5.01 Å². The summed E-state index contributed by atoms with van der Waals surface area (Å²) in [6, 6.07) is 0. The predicted octanol–water partition coefficient (Wildman–Crippen LogP) is 2.67. The average molecular weight is 296 g/mol. The molecule has 1 aliphatic rings. The highest BCUT2D eigenvalue weighted by molar-refractivity contribution is 7.09. The van der Waals surface area contributed by atoms with Gasteiger partial charge in [0.15, 0.2) is 5.69 Å². The maximum atomic E-state index is 12.0. The minimum Gasteiger partial charge on any atom is -0.476 e. The van der Waals surface area contributed by atoms with Gasteiger partial charge >= 0.3 is 5.97 Å². The third-order valence-electron chi connectivity index (χ3n) is 3.79. The minimum atomic E-state index is -1.03. The van der Waals surface area contributed by atoms with Gasteiger partial charge < -0.3 is 10.4 Å². The molecule has 0 aliphatic heterocycles. The Morgan fingerprint density at radius 2 is 2.20 bits per heavy atom. The summed E-state index contributed by atoms with van der Waals surface area (Å²) in [7, 11) is 0. The van der Waals surface area contributed by atoms with Gasteiger partial charge in [0.05, 0.1) is 6.54 Å². The molecule has 1 fully saturated rings. The highest BCUT2D eigenvalue weighted by Gasteiger charge is 2.21. The molecule has 0 spiro atoms. The van der Waals surface area contributed by atoms with Crippen molar-refractivity contribution in [1.29, 1.82) is 0 Å². The van der Waals surface area contributed by atoms with E-state index < -0.39 is 5.97 Å². The van der Waals surface area contributed by atoms with Crippen LogP contribution in [0.4, 0.5) is 0 Å². The van der Waals surface area contributed by atoms with Gasteiger partial charge in [-0.3, -0.25) is 4.79 Å². The molecule has 110 valence electrons. The van der Waals surface area contributed by atoms with E-state index >= 15 is 0 Å². The number of carboxylic acids is 1. The van der Waals surface area contributed by atoms with Crippen LogP contribution in [0.25, 0.3) is 0 Å². The molecule has 20 heavy (non-hydrogen) atoms. The summed E-state index contributed by atoms with van der Waals surface area (Å²) in [4.78, 5) is 26.7. The van der Waals surface area contributed by atoms with Crippen LogP contribution in [0.1, 0.15) is 54.5 Å². The second kappa shape index (κ2) is 6.83. The van der Waals surface area contributed by atoms with Crippen LogP contribution in [0.3, 0.4) is 0 Å². The smallest absolute Gasteiger partial charge is 0.355 e. The Bertz CT molecular complexity index is 481.